The van der Waals surface area contributed by atoms with Gasteiger partial charge in [-0.3, -0.25) is 14.4 Å². The summed E-state index contributed by atoms with van der Waals surface area (Å²) < 4.78 is 0. The molecular weight excluding hydrogens is 240 g/mol. The number of aliphatic carboxylic acids is 2. The van der Waals surface area contributed by atoms with E-state index in [-0.39, 0.29) is 18.7 Å². The predicted molar refractivity (Wildman–Crippen MR) is 63.6 cm³/mol. The molecule has 4 N–H and O–H groups in total. The Hall–Kier alpha value is -1.89. The summed E-state index contributed by atoms with van der Waals surface area (Å²) in [5.41, 5.74) is 5.00. The molecule has 1 unspecified atom stereocenters. The van der Waals surface area contributed by atoms with E-state index in [0.29, 0.717) is 6.42 Å². The number of carboxylic acids is 2. The lowest BCUT2D eigenvalue weighted by molar-refractivity contribution is -0.140. The Morgan fingerprint density at radius 1 is 1.50 bits per heavy atom. The molecule has 0 saturated carbocycles. The maximum absolute atomic E-state index is 10.7. The van der Waals surface area contributed by atoms with Crippen LogP contribution in [0.2, 0.25) is 0 Å². The fourth-order valence-electron chi connectivity index (χ4n) is 1.26. The molecule has 1 aliphatic heterocycles. The van der Waals surface area contributed by atoms with E-state index in [4.69, 9.17) is 15.9 Å². The van der Waals surface area contributed by atoms with Crippen molar-refractivity contribution in [2.24, 2.45) is 5.73 Å². The molecule has 1 amide bonds. The fourth-order valence-corrected chi connectivity index (χ4v) is 1.26. The Labute approximate surface area is 105 Å². The second-order valence-corrected chi connectivity index (χ2v) is 3.75. The summed E-state index contributed by atoms with van der Waals surface area (Å²) in [6.45, 7) is 4.36. The summed E-state index contributed by atoms with van der Waals surface area (Å²) in [7, 11) is 0. The standard InChI is InChI=1S/C6H9NO.C5H9NO4/c1-2-7-5-3-4-6(7)8;6-3(5(9)10)1-2-4(7)8/h2H,1,3-5H2;3H,1-2,6H2,(H,7,8)(H,9,10). The predicted octanol–water partition coefficient (Wildman–Crippen LogP) is 0.0154. The number of likely N-dealkylation sites (tertiary alicyclic amines) is 1. The molecule has 0 radical (unpaired) electrons. The van der Waals surface area contributed by atoms with Crippen LogP contribution < -0.4 is 5.73 Å². The molecule has 7 nitrogen and oxygen atoms in total. The highest BCUT2D eigenvalue weighted by Gasteiger charge is 2.16. The molecular formula is C11H18N2O5. The first kappa shape index (κ1) is 16.1. The van der Waals surface area contributed by atoms with Gasteiger partial charge in [0.05, 0.1) is 0 Å². The molecule has 102 valence electrons. The zero-order chi connectivity index (χ0) is 14.1. The number of nitrogens with zero attached hydrogens (tertiary/aromatic N) is 1. The van der Waals surface area contributed by atoms with Gasteiger partial charge in [-0.05, 0) is 19.0 Å². The molecule has 18 heavy (non-hydrogen) atoms. The van der Waals surface area contributed by atoms with E-state index in [1.54, 1.807) is 11.1 Å². The van der Waals surface area contributed by atoms with Crippen LogP contribution in [0.4, 0.5) is 0 Å². The quantitative estimate of drug-likeness (QED) is 0.639. The molecule has 1 rings (SSSR count). The van der Waals surface area contributed by atoms with Crippen molar-refractivity contribution in [3.05, 3.63) is 12.8 Å². The summed E-state index contributed by atoms with van der Waals surface area (Å²) in [5, 5.41) is 16.3. The van der Waals surface area contributed by atoms with Crippen molar-refractivity contribution in [1.29, 1.82) is 0 Å². The van der Waals surface area contributed by atoms with Gasteiger partial charge in [0.1, 0.15) is 6.04 Å². The molecule has 0 aliphatic carbocycles. The first-order valence-electron chi connectivity index (χ1n) is 5.50. The summed E-state index contributed by atoms with van der Waals surface area (Å²) in [5.74, 6) is -1.99. The fraction of sp³-hybridized carbons (Fsp3) is 0.545. The van der Waals surface area contributed by atoms with Crippen LogP contribution >= 0.6 is 0 Å². The Morgan fingerprint density at radius 2 is 2.11 bits per heavy atom. The third-order valence-corrected chi connectivity index (χ3v) is 2.32. The lowest BCUT2D eigenvalue weighted by Gasteiger charge is -2.05. The van der Waals surface area contributed by atoms with Gasteiger partial charge in [-0.2, -0.15) is 0 Å². The van der Waals surface area contributed by atoms with Gasteiger partial charge in [-0.15, -0.1) is 0 Å². The third kappa shape index (κ3) is 6.64. The second kappa shape index (κ2) is 8.24. The highest BCUT2D eigenvalue weighted by atomic mass is 16.4. The molecule has 0 aromatic carbocycles. The minimum Gasteiger partial charge on any atom is -0.481 e. The van der Waals surface area contributed by atoms with Crippen LogP contribution in [0, 0.1) is 0 Å². The Balaban J connectivity index is 0.000000327. The van der Waals surface area contributed by atoms with Crippen LogP contribution in [0.25, 0.3) is 0 Å². The molecule has 0 aromatic rings. The number of rotatable bonds is 5. The highest BCUT2D eigenvalue weighted by molar-refractivity contribution is 5.78. The minimum absolute atomic E-state index is 0.0231. The van der Waals surface area contributed by atoms with Gasteiger partial charge < -0.3 is 20.8 Å². The first-order chi connectivity index (χ1) is 8.38. The van der Waals surface area contributed by atoms with Gasteiger partial charge in [-0.25, -0.2) is 0 Å². The average Bonchev–Trinajstić information content (AvgIpc) is 2.72. The maximum atomic E-state index is 10.7. The van der Waals surface area contributed by atoms with Crippen molar-refractivity contribution in [1.82, 2.24) is 4.90 Å². The number of nitrogens with two attached hydrogens (primary N) is 1. The summed E-state index contributed by atoms with van der Waals surface area (Å²) in [6.07, 6.45) is 3.06. The second-order valence-electron chi connectivity index (χ2n) is 3.75. The Bertz CT molecular complexity index is 329. The van der Waals surface area contributed by atoms with Crippen LogP contribution in [0.15, 0.2) is 12.8 Å². The van der Waals surface area contributed by atoms with E-state index in [0.717, 1.165) is 13.0 Å². The van der Waals surface area contributed by atoms with Crippen molar-refractivity contribution < 1.29 is 24.6 Å². The molecule has 0 aromatic heterocycles. The third-order valence-electron chi connectivity index (χ3n) is 2.32. The minimum atomic E-state index is -1.17. The van der Waals surface area contributed by atoms with Gasteiger partial charge >= 0.3 is 11.9 Å². The maximum Gasteiger partial charge on any atom is 0.320 e. The zero-order valence-electron chi connectivity index (χ0n) is 10.0. The average molecular weight is 258 g/mol. The van der Waals surface area contributed by atoms with Crippen LogP contribution in [0.3, 0.4) is 0 Å². The van der Waals surface area contributed by atoms with E-state index in [1.165, 1.54) is 0 Å². The highest BCUT2D eigenvalue weighted by Crippen LogP contribution is 2.08. The van der Waals surface area contributed by atoms with E-state index in [1.807, 2.05) is 0 Å². The van der Waals surface area contributed by atoms with Crippen molar-refractivity contribution >= 4 is 17.8 Å². The van der Waals surface area contributed by atoms with Crippen molar-refractivity contribution in [2.45, 2.75) is 31.7 Å². The van der Waals surface area contributed by atoms with Gasteiger partial charge in [-0.1, -0.05) is 6.58 Å². The number of hydrogen-bond donors (Lipinski definition) is 3. The molecule has 1 heterocycles. The molecule has 1 saturated heterocycles. The Morgan fingerprint density at radius 3 is 2.39 bits per heavy atom. The van der Waals surface area contributed by atoms with Crippen molar-refractivity contribution in [2.75, 3.05) is 6.54 Å². The van der Waals surface area contributed by atoms with Crippen molar-refractivity contribution in [3.63, 3.8) is 0 Å². The SMILES string of the molecule is C=CN1CCCC1=O.NC(CCC(=O)O)C(=O)O. The number of carbonyl (C=O) groups is 3. The first-order valence-corrected chi connectivity index (χ1v) is 5.50. The number of amides is 1. The molecule has 1 fully saturated rings. The number of hydrogen-bond acceptors (Lipinski definition) is 4. The molecule has 1 aliphatic rings. The van der Waals surface area contributed by atoms with Gasteiger partial charge in [0.2, 0.25) is 5.91 Å². The summed E-state index contributed by atoms with van der Waals surface area (Å²) in [4.78, 5) is 32.2. The van der Waals surface area contributed by atoms with E-state index in [2.05, 4.69) is 6.58 Å². The van der Waals surface area contributed by atoms with Crippen molar-refractivity contribution in [3.8, 4) is 0 Å². The number of carbonyl (C=O) groups excluding carboxylic acids is 1. The number of carboxylic acid groups (broad SMARTS) is 2. The summed E-state index contributed by atoms with van der Waals surface area (Å²) in [6, 6.07) is -1.06. The normalized spacial score (nSPS) is 15.6. The van der Waals surface area contributed by atoms with Gasteiger partial charge in [0.15, 0.2) is 0 Å². The molecule has 1 atom stereocenters. The lowest BCUT2D eigenvalue weighted by Crippen LogP contribution is -2.30. The smallest absolute Gasteiger partial charge is 0.320 e. The molecule has 7 heteroatoms. The van der Waals surface area contributed by atoms with Gasteiger partial charge in [0, 0.05) is 19.4 Å². The van der Waals surface area contributed by atoms with Gasteiger partial charge in [0.25, 0.3) is 0 Å². The zero-order valence-corrected chi connectivity index (χ0v) is 10.0. The topological polar surface area (TPSA) is 121 Å². The Kier molecular flexibility index (Phi) is 7.37. The van der Waals surface area contributed by atoms with Crippen LogP contribution in [0.5, 0.6) is 0 Å². The van der Waals surface area contributed by atoms with E-state index in [9.17, 15) is 14.4 Å². The summed E-state index contributed by atoms with van der Waals surface area (Å²) >= 11 is 0. The monoisotopic (exact) mass is 258 g/mol. The van der Waals surface area contributed by atoms with E-state index >= 15 is 0 Å². The largest absolute Gasteiger partial charge is 0.481 e. The molecule has 0 bridgehead atoms. The van der Waals surface area contributed by atoms with Crippen LogP contribution in [0.1, 0.15) is 25.7 Å². The van der Waals surface area contributed by atoms with E-state index < -0.39 is 18.0 Å². The van der Waals surface area contributed by atoms with Crippen LogP contribution in [-0.4, -0.2) is 45.5 Å². The molecule has 0 spiro atoms. The lowest BCUT2D eigenvalue weighted by atomic mass is 10.2. The van der Waals surface area contributed by atoms with Crippen LogP contribution in [-0.2, 0) is 14.4 Å².